The second-order valence-corrected chi connectivity index (χ2v) is 8.70. The van der Waals surface area contributed by atoms with Crippen LogP contribution in [0.2, 0.25) is 0 Å². The van der Waals surface area contributed by atoms with E-state index < -0.39 is 5.60 Å². The highest BCUT2D eigenvalue weighted by Crippen LogP contribution is 2.31. The highest BCUT2D eigenvalue weighted by Gasteiger charge is 2.18. The summed E-state index contributed by atoms with van der Waals surface area (Å²) in [6.45, 7) is 7.59. The molecule has 0 aromatic carbocycles. The number of anilines is 1. The molecule has 0 bridgehead atoms. The van der Waals surface area contributed by atoms with Crippen molar-refractivity contribution in [2.45, 2.75) is 25.9 Å². The SMILES string of the molecule is CN1CCCN(c2ccc(-c3cc(OCC(C)(C)O)cn4ncc(C#N)c34)cn2)CC1. The maximum absolute atomic E-state index is 10.0. The Morgan fingerprint density at radius 3 is 2.74 bits per heavy atom. The van der Waals surface area contributed by atoms with Crippen molar-refractivity contribution in [3.05, 3.63) is 42.4 Å². The van der Waals surface area contributed by atoms with Gasteiger partial charge in [-0.3, -0.25) is 0 Å². The molecule has 1 fully saturated rings. The Hall–Kier alpha value is -3.15. The van der Waals surface area contributed by atoms with Gasteiger partial charge in [-0.2, -0.15) is 10.4 Å². The van der Waals surface area contributed by atoms with E-state index in [9.17, 15) is 10.4 Å². The molecular formula is C23H28N6O2. The van der Waals surface area contributed by atoms with Crippen LogP contribution in [-0.4, -0.2) is 70.0 Å². The number of hydrogen-bond donors (Lipinski definition) is 1. The van der Waals surface area contributed by atoms with Gasteiger partial charge in [0.1, 0.15) is 24.2 Å². The minimum Gasteiger partial charge on any atom is -0.489 e. The number of fused-ring (bicyclic) bond motifs is 1. The molecule has 0 aliphatic carbocycles. The van der Waals surface area contributed by atoms with Crippen molar-refractivity contribution in [2.24, 2.45) is 0 Å². The summed E-state index contributed by atoms with van der Waals surface area (Å²) >= 11 is 0. The minimum atomic E-state index is -0.957. The van der Waals surface area contributed by atoms with Crippen molar-refractivity contribution in [1.82, 2.24) is 19.5 Å². The molecular weight excluding hydrogens is 392 g/mol. The summed E-state index contributed by atoms with van der Waals surface area (Å²) in [7, 11) is 2.15. The highest BCUT2D eigenvalue weighted by atomic mass is 16.5. The van der Waals surface area contributed by atoms with Crippen molar-refractivity contribution >= 4 is 11.3 Å². The summed E-state index contributed by atoms with van der Waals surface area (Å²) in [5.74, 6) is 1.52. The number of pyridine rings is 2. The number of likely N-dealkylation sites (N-methyl/N-ethyl adjacent to an activating group) is 1. The second kappa shape index (κ2) is 8.53. The lowest BCUT2D eigenvalue weighted by molar-refractivity contribution is 0.0283. The zero-order chi connectivity index (χ0) is 22.0. The van der Waals surface area contributed by atoms with Crippen LogP contribution in [0, 0.1) is 11.3 Å². The maximum Gasteiger partial charge on any atom is 0.138 e. The summed E-state index contributed by atoms with van der Waals surface area (Å²) in [6.07, 6.45) is 6.23. The lowest BCUT2D eigenvalue weighted by Gasteiger charge is -2.22. The lowest BCUT2D eigenvalue weighted by Crippen LogP contribution is -2.29. The van der Waals surface area contributed by atoms with Gasteiger partial charge in [-0.1, -0.05) is 0 Å². The van der Waals surface area contributed by atoms with Crippen LogP contribution < -0.4 is 9.64 Å². The van der Waals surface area contributed by atoms with Gasteiger partial charge in [0, 0.05) is 37.0 Å². The summed E-state index contributed by atoms with van der Waals surface area (Å²) in [6, 6.07) is 8.15. The summed E-state index contributed by atoms with van der Waals surface area (Å²) in [5, 5.41) is 23.9. The predicted octanol–water partition coefficient (Wildman–Crippen LogP) is 2.56. The molecule has 1 N–H and O–H groups in total. The number of nitriles is 1. The third-order valence-corrected chi connectivity index (χ3v) is 5.40. The van der Waals surface area contributed by atoms with Crippen LogP contribution in [0.15, 0.2) is 36.8 Å². The zero-order valence-electron chi connectivity index (χ0n) is 18.2. The number of aliphatic hydroxyl groups is 1. The Kier molecular flexibility index (Phi) is 5.81. The van der Waals surface area contributed by atoms with E-state index in [2.05, 4.69) is 28.0 Å². The number of rotatable bonds is 5. The quantitative estimate of drug-likeness (QED) is 0.678. The van der Waals surface area contributed by atoms with Crippen molar-refractivity contribution in [3.8, 4) is 22.9 Å². The van der Waals surface area contributed by atoms with Crippen LogP contribution >= 0.6 is 0 Å². The predicted molar refractivity (Wildman–Crippen MR) is 119 cm³/mol. The number of hydrogen-bond acceptors (Lipinski definition) is 7. The molecule has 1 saturated heterocycles. The van der Waals surface area contributed by atoms with Gasteiger partial charge in [-0.05, 0) is 52.1 Å². The first-order valence-corrected chi connectivity index (χ1v) is 10.5. The molecule has 31 heavy (non-hydrogen) atoms. The molecule has 8 heteroatoms. The van der Waals surface area contributed by atoms with Crippen molar-refractivity contribution in [1.29, 1.82) is 5.26 Å². The fourth-order valence-corrected chi connectivity index (χ4v) is 3.75. The number of ether oxygens (including phenoxy) is 1. The number of nitrogens with zero attached hydrogens (tertiary/aromatic N) is 6. The second-order valence-electron chi connectivity index (χ2n) is 8.70. The van der Waals surface area contributed by atoms with E-state index in [-0.39, 0.29) is 6.61 Å². The summed E-state index contributed by atoms with van der Waals surface area (Å²) in [4.78, 5) is 9.37. The van der Waals surface area contributed by atoms with Crippen LogP contribution in [-0.2, 0) is 0 Å². The molecule has 8 nitrogen and oxygen atoms in total. The zero-order valence-corrected chi connectivity index (χ0v) is 18.2. The molecule has 0 radical (unpaired) electrons. The highest BCUT2D eigenvalue weighted by molar-refractivity contribution is 5.85. The first-order chi connectivity index (χ1) is 14.8. The Morgan fingerprint density at radius 1 is 1.19 bits per heavy atom. The molecule has 0 atom stereocenters. The third kappa shape index (κ3) is 4.79. The standard InChI is InChI=1S/C23H28N6O2/c1-23(2,30)16-31-19-11-20(22-18(12-24)14-26-29(22)15-19)17-5-6-21(25-13-17)28-8-4-7-27(3)9-10-28/h5-6,11,13-15,30H,4,7-10,16H2,1-3H3. The van der Waals surface area contributed by atoms with Crippen LogP contribution in [0.5, 0.6) is 5.75 Å². The lowest BCUT2D eigenvalue weighted by atomic mass is 10.1. The normalized spacial score (nSPS) is 15.6. The Labute approximate surface area is 182 Å². The molecule has 0 amide bonds. The van der Waals surface area contributed by atoms with E-state index >= 15 is 0 Å². The largest absolute Gasteiger partial charge is 0.489 e. The maximum atomic E-state index is 10.0. The minimum absolute atomic E-state index is 0.144. The van der Waals surface area contributed by atoms with E-state index in [4.69, 9.17) is 9.72 Å². The molecule has 4 rings (SSSR count). The van der Waals surface area contributed by atoms with E-state index in [1.165, 1.54) is 0 Å². The van der Waals surface area contributed by atoms with E-state index in [1.807, 2.05) is 24.4 Å². The van der Waals surface area contributed by atoms with E-state index in [1.54, 1.807) is 30.8 Å². The summed E-state index contributed by atoms with van der Waals surface area (Å²) < 4.78 is 7.44. The molecule has 3 aromatic heterocycles. The van der Waals surface area contributed by atoms with Crippen LogP contribution in [0.1, 0.15) is 25.8 Å². The van der Waals surface area contributed by atoms with E-state index in [0.29, 0.717) is 16.8 Å². The molecule has 1 aliphatic heterocycles. The van der Waals surface area contributed by atoms with Crippen molar-refractivity contribution in [3.63, 3.8) is 0 Å². The van der Waals surface area contributed by atoms with E-state index in [0.717, 1.165) is 49.5 Å². The van der Waals surface area contributed by atoms with Gasteiger partial charge in [0.2, 0.25) is 0 Å². The van der Waals surface area contributed by atoms with Crippen LogP contribution in [0.3, 0.4) is 0 Å². The van der Waals surface area contributed by atoms with Gasteiger partial charge >= 0.3 is 0 Å². The number of aromatic nitrogens is 3. The molecule has 1 aliphatic rings. The van der Waals surface area contributed by atoms with Gasteiger partial charge in [0.25, 0.3) is 0 Å². The fraction of sp³-hybridized carbons (Fsp3) is 0.435. The smallest absolute Gasteiger partial charge is 0.138 e. The van der Waals surface area contributed by atoms with Gasteiger partial charge in [0.05, 0.1) is 29.1 Å². The fourth-order valence-electron chi connectivity index (χ4n) is 3.75. The van der Waals surface area contributed by atoms with Crippen molar-refractivity contribution in [2.75, 3.05) is 44.7 Å². The average molecular weight is 421 g/mol. The molecule has 0 spiro atoms. The monoisotopic (exact) mass is 420 g/mol. The average Bonchev–Trinajstić information content (AvgIpc) is 3.04. The van der Waals surface area contributed by atoms with Crippen LogP contribution in [0.4, 0.5) is 5.82 Å². The molecule has 3 aromatic rings. The first kappa shape index (κ1) is 21.1. The van der Waals surface area contributed by atoms with Crippen molar-refractivity contribution < 1.29 is 9.84 Å². The summed E-state index contributed by atoms with van der Waals surface area (Å²) in [5.41, 5.74) is 1.94. The first-order valence-electron chi connectivity index (χ1n) is 10.5. The van der Waals surface area contributed by atoms with Gasteiger partial charge in [0.15, 0.2) is 0 Å². The molecule has 0 saturated carbocycles. The topological polar surface area (TPSA) is 89.9 Å². The van der Waals surface area contributed by atoms with Gasteiger partial charge in [-0.15, -0.1) is 0 Å². The Balaban J connectivity index is 1.68. The van der Waals surface area contributed by atoms with Gasteiger partial charge < -0.3 is 19.6 Å². The third-order valence-electron chi connectivity index (χ3n) is 5.40. The van der Waals surface area contributed by atoms with Crippen LogP contribution in [0.25, 0.3) is 16.6 Å². The Bertz CT molecular complexity index is 1090. The molecule has 4 heterocycles. The molecule has 0 unspecified atom stereocenters. The Morgan fingerprint density at radius 2 is 2.03 bits per heavy atom. The van der Waals surface area contributed by atoms with Gasteiger partial charge in [-0.25, -0.2) is 9.50 Å². The molecule has 162 valence electrons.